The Kier molecular flexibility index (Phi) is 4.77. The molecule has 1 fully saturated rings. The topological polar surface area (TPSA) is 75.3 Å². The van der Waals surface area contributed by atoms with E-state index in [0.717, 1.165) is 13.1 Å². The summed E-state index contributed by atoms with van der Waals surface area (Å²) in [6.45, 7) is 6.58. The Morgan fingerprint density at radius 3 is 2.78 bits per heavy atom. The molecule has 23 heavy (non-hydrogen) atoms. The van der Waals surface area contributed by atoms with E-state index >= 15 is 0 Å². The second kappa shape index (κ2) is 6.80. The van der Waals surface area contributed by atoms with E-state index in [1.807, 2.05) is 0 Å². The number of hydrogen-bond donors (Lipinski definition) is 1. The average molecular weight is 335 g/mol. The fourth-order valence-corrected chi connectivity index (χ4v) is 4.08. The van der Waals surface area contributed by atoms with Gasteiger partial charge >= 0.3 is 5.97 Å². The van der Waals surface area contributed by atoms with Gasteiger partial charge in [0.2, 0.25) is 0 Å². The van der Waals surface area contributed by atoms with Crippen molar-refractivity contribution in [1.82, 2.24) is 14.9 Å². The summed E-state index contributed by atoms with van der Waals surface area (Å²) in [7, 11) is 0. The Labute approximate surface area is 138 Å². The largest absolute Gasteiger partial charge is 0.462 e. The molecule has 0 aromatic carbocycles. The number of H-pyrrole nitrogens is 1. The van der Waals surface area contributed by atoms with E-state index in [0.29, 0.717) is 39.6 Å². The summed E-state index contributed by atoms with van der Waals surface area (Å²) in [5.41, 5.74) is 0.480. The van der Waals surface area contributed by atoms with Crippen LogP contribution in [-0.2, 0) is 11.3 Å². The molecule has 2 aromatic rings. The van der Waals surface area contributed by atoms with Crippen LogP contribution in [0.15, 0.2) is 4.79 Å². The minimum absolute atomic E-state index is 0.175. The van der Waals surface area contributed by atoms with Crippen LogP contribution in [0.1, 0.15) is 47.2 Å². The lowest BCUT2D eigenvalue weighted by Crippen LogP contribution is -2.30. The summed E-state index contributed by atoms with van der Waals surface area (Å²) in [6, 6.07) is 0. The molecular formula is C16H21N3O3S. The van der Waals surface area contributed by atoms with Crippen LogP contribution in [0, 0.1) is 6.92 Å². The van der Waals surface area contributed by atoms with Crippen LogP contribution >= 0.6 is 11.3 Å². The summed E-state index contributed by atoms with van der Waals surface area (Å²) in [4.78, 5) is 35.2. The highest BCUT2D eigenvalue weighted by atomic mass is 32.1. The fourth-order valence-electron chi connectivity index (χ4n) is 2.98. The van der Waals surface area contributed by atoms with Crippen molar-refractivity contribution in [2.24, 2.45) is 0 Å². The number of rotatable bonds is 4. The number of esters is 1. The first kappa shape index (κ1) is 16.1. The molecular weight excluding hydrogens is 314 g/mol. The molecule has 6 nitrogen and oxygen atoms in total. The van der Waals surface area contributed by atoms with E-state index in [1.165, 1.54) is 30.6 Å². The zero-order valence-electron chi connectivity index (χ0n) is 13.5. The number of aromatic nitrogens is 2. The summed E-state index contributed by atoms with van der Waals surface area (Å²) >= 11 is 1.24. The average Bonchev–Trinajstić information content (AvgIpc) is 2.86. The van der Waals surface area contributed by atoms with Gasteiger partial charge in [-0.15, -0.1) is 11.3 Å². The highest BCUT2D eigenvalue weighted by Crippen LogP contribution is 2.27. The second-order valence-electron chi connectivity index (χ2n) is 5.81. The molecule has 3 heterocycles. The molecule has 0 unspecified atom stereocenters. The number of carbonyl (C=O) groups is 1. The molecule has 0 aliphatic carbocycles. The van der Waals surface area contributed by atoms with Crippen LogP contribution < -0.4 is 5.56 Å². The van der Waals surface area contributed by atoms with Crippen LogP contribution in [0.3, 0.4) is 0 Å². The molecule has 0 spiro atoms. The van der Waals surface area contributed by atoms with Gasteiger partial charge in [-0.3, -0.25) is 9.69 Å². The lowest BCUT2D eigenvalue weighted by atomic mass is 10.1. The predicted octanol–water partition coefficient (Wildman–Crippen LogP) is 2.46. The molecule has 7 heteroatoms. The van der Waals surface area contributed by atoms with Crippen molar-refractivity contribution in [1.29, 1.82) is 0 Å². The van der Waals surface area contributed by atoms with E-state index in [1.54, 1.807) is 13.8 Å². The molecule has 1 saturated heterocycles. The van der Waals surface area contributed by atoms with Crippen molar-refractivity contribution in [3.05, 3.63) is 26.6 Å². The highest BCUT2D eigenvalue weighted by molar-refractivity contribution is 7.20. The maximum atomic E-state index is 12.4. The zero-order valence-corrected chi connectivity index (χ0v) is 14.3. The van der Waals surface area contributed by atoms with E-state index in [9.17, 15) is 9.59 Å². The first-order chi connectivity index (χ1) is 11.1. The molecule has 1 aliphatic rings. The van der Waals surface area contributed by atoms with Gasteiger partial charge in [0.05, 0.1) is 18.5 Å². The minimum atomic E-state index is -0.384. The van der Waals surface area contributed by atoms with Crippen LogP contribution in [0.4, 0.5) is 0 Å². The smallest absolute Gasteiger partial charge is 0.348 e. The minimum Gasteiger partial charge on any atom is -0.462 e. The van der Waals surface area contributed by atoms with Crippen molar-refractivity contribution in [2.45, 2.75) is 39.7 Å². The Morgan fingerprint density at radius 1 is 1.35 bits per heavy atom. The number of thiophene rings is 1. The van der Waals surface area contributed by atoms with Gasteiger partial charge in [0, 0.05) is 0 Å². The van der Waals surface area contributed by atoms with E-state index in [2.05, 4.69) is 14.9 Å². The van der Waals surface area contributed by atoms with Gasteiger partial charge in [-0.2, -0.15) is 0 Å². The third-order valence-corrected chi connectivity index (χ3v) is 5.30. The standard InChI is InChI=1S/C16H21N3O3S/c1-3-22-16(21)13-10(2)12-14(20)17-11(18-15(12)23-13)9-19-7-5-4-6-8-19/h3-9H2,1-2H3,(H,17,18,20). The SMILES string of the molecule is CCOC(=O)c1sc2nc(CN3CCCCC3)[nH]c(=O)c2c1C. The summed E-state index contributed by atoms with van der Waals surface area (Å²) < 4.78 is 5.05. The Morgan fingerprint density at radius 2 is 2.09 bits per heavy atom. The summed E-state index contributed by atoms with van der Waals surface area (Å²) in [6.07, 6.45) is 3.65. The summed E-state index contributed by atoms with van der Waals surface area (Å²) in [5.74, 6) is 0.283. The van der Waals surface area contributed by atoms with E-state index < -0.39 is 0 Å². The van der Waals surface area contributed by atoms with Crippen molar-refractivity contribution in [3.8, 4) is 0 Å². The van der Waals surface area contributed by atoms with Gasteiger partial charge in [-0.25, -0.2) is 9.78 Å². The van der Waals surface area contributed by atoms with Gasteiger partial charge in [-0.05, 0) is 45.3 Å². The Bertz CT molecular complexity index is 775. The summed E-state index contributed by atoms with van der Waals surface area (Å²) in [5, 5.41) is 0.500. The number of nitrogens with zero attached hydrogens (tertiary/aromatic N) is 2. The van der Waals surface area contributed by atoms with E-state index in [-0.39, 0.29) is 11.5 Å². The third kappa shape index (κ3) is 3.30. The molecule has 0 saturated carbocycles. The number of ether oxygens (including phenoxy) is 1. The van der Waals surface area contributed by atoms with Gasteiger partial charge in [0.1, 0.15) is 15.5 Å². The van der Waals surface area contributed by atoms with E-state index in [4.69, 9.17) is 4.74 Å². The molecule has 3 rings (SSSR count). The first-order valence-corrected chi connectivity index (χ1v) is 8.83. The molecule has 1 aliphatic heterocycles. The predicted molar refractivity (Wildman–Crippen MR) is 90.1 cm³/mol. The van der Waals surface area contributed by atoms with Crippen LogP contribution in [0.5, 0.6) is 0 Å². The van der Waals surface area contributed by atoms with Crippen molar-refractivity contribution in [2.75, 3.05) is 19.7 Å². The van der Waals surface area contributed by atoms with Gasteiger partial charge in [-0.1, -0.05) is 6.42 Å². The highest BCUT2D eigenvalue weighted by Gasteiger charge is 2.20. The van der Waals surface area contributed by atoms with Crippen molar-refractivity contribution in [3.63, 3.8) is 0 Å². The third-order valence-electron chi connectivity index (χ3n) is 4.13. The number of aryl methyl sites for hydroxylation is 1. The molecule has 1 N–H and O–H groups in total. The number of nitrogens with one attached hydrogen (secondary N) is 1. The first-order valence-electron chi connectivity index (χ1n) is 8.02. The zero-order chi connectivity index (χ0) is 16.4. The Balaban J connectivity index is 1.94. The number of carbonyl (C=O) groups excluding carboxylic acids is 1. The lowest BCUT2D eigenvalue weighted by Gasteiger charge is -2.25. The number of aromatic amines is 1. The van der Waals surface area contributed by atoms with Crippen LogP contribution in [-0.4, -0.2) is 40.5 Å². The second-order valence-corrected chi connectivity index (χ2v) is 6.81. The lowest BCUT2D eigenvalue weighted by molar-refractivity contribution is 0.0531. The van der Waals surface area contributed by atoms with Crippen molar-refractivity contribution < 1.29 is 9.53 Å². The molecule has 124 valence electrons. The molecule has 0 amide bonds. The molecule has 0 bridgehead atoms. The monoisotopic (exact) mass is 335 g/mol. The van der Waals surface area contributed by atoms with Gasteiger partial charge < -0.3 is 9.72 Å². The quantitative estimate of drug-likeness (QED) is 0.869. The maximum absolute atomic E-state index is 12.4. The van der Waals surface area contributed by atoms with Crippen LogP contribution in [0.2, 0.25) is 0 Å². The number of likely N-dealkylation sites (tertiary alicyclic amines) is 1. The number of hydrogen-bond acceptors (Lipinski definition) is 6. The molecule has 0 radical (unpaired) electrons. The maximum Gasteiger partial charge on any atom is 0.348 e. The molecule has 0 atom stereocenters. The normalized spacial score (nSPS) is 15.9. The number of piperidine rings is 1. The van der Waals surface area contributed by atoms with Gasteiger partial charge in [0.25, 0.3) is 5.56 Å². The Hall–Kier alpha value is -1.73. The molecule has 2 aromatic heterocycles. The van der Waals surface area contributed by atoms with Gasteiger partial charge in [0.15, 0.2) is 0 Å². The fraction of sp³-hybridized carbons (Fsp3) is 0.562. The van der Waals surface area contributed by atoms with Crippen molar-refractivity contribution >= 4 is 27.5 Å². The number of fused-ring (bicyclic) bond motifs is 1. The van der Waals surface area contributed by atoms with Crippen LogP contribution in [0.25, 0.3) is 10.2 Å².